The Bertz CT molecular complexity index is 7030. The van der Waals surface area contributed by atoms with Gasteiger partial charge in [0.2, 0.25) is 0 Å². The fraction of sp³-hybridized carbons (Fsp3) is 0.347. The number of hydrogen-bond acceptors (Lipinski definition) is 16. The van der Waals surface area contributed by atoms with Crippen LogP contribution in [0.5, 0.6) is 57.5 Å². The third-order valence-corrected chi connectivity index (χ3v) is 30.6. The number of nitrogens with zero attached hydrogens (tertiary/aromatic N) is 2. The van der Waals surface area contributed by atoms with Gasteiger partial charge in [-0.2, -0.15) is 0 Å². The van der Waals surface area contributed by atoms with Gasteiger partial charge in [-0.05, 0) is 285 Å². The number of halogens is 2. The number of aryl methyl sites for hydroxylation is 2. The zero-order valence-corrected chi connectivity index (χ0v) is 91.3. The van der Waals surface area contributed by atoms with Crippen molar-refractivity contribution in [3.05, 3.63) is 256 Å². The lowest BCUT2D eigenvalue weighted by Gasteiger charge is -2.19. The van der Waals surface area contributed by atoms with Gasteiger partial charge in [0.1, 0.15) is 58.9 Å². The standard InChI is InChI=1S/C66H72N2O5S2.C31H34Br2O6S2.C20H25N.CH2O/c1-39-17-27-57(49(31-39)51-37-74-61(59(51)69)67-53-23-18-40(63(2,3)4)32-45(53)46-33-41(64(5,6)7)19-24-54(46)67)72-29-15-16-30-73-58-28-22-44(71-14)36-50(58)52-38-75-62(60(52)70)68-55-25-20-42(65(8,9)10)34-47(55)48-35-43(66(11,12)13)21-26-56(48)68;1-5-35-19-39-29-24(17-41-31(29)33)22-15-20(3)9-11-26(22)37-13-7-8-14-38-27-12-10-21(34-4)16-23(27)25-18-40-30(32)28(25)36-6-2;1-19(2,3)13-7-9-17-15(11-13)16-12-14(20(4,5)6)8-10-18(16)21-17;1-2/h17-28,31-38,69-70H,15-16,29-30H2,1-14H3;9-12,15-18H,5-8,13-14,19H2,1-4H3;7-12,21H,1-6H3;1H2. The van der Waals surface area contributed by atoms with Gasteiger partial charge in [0.25, 0.3) is 0 Å². The van der Waals surface area contributed by atoms with Crippen molar-refractivity contribution in [2.45, 2.75) is 210 Å². The Kier molecular flexibility index (Phi) is 32.3. The summed E-state index contributed by atoms with van der Waals surface area (Å²) in [4.78, 5) is 11.5. The lowest BCUT2D eigenvalue weighted by atomic mass is 9.85. The number of unbranched alkanes of at least 4 members (excludes halogenated alkanes) is 2. The molecule has 0 aliphatic rings. The summed E-state index contributed by atoms with van der Waals surface area (Å²) in [6.07, 6.45) is 3.15. The molecule has 17 rings (SSSR count). The van der Waals surface area contributed by atoms with Gasteiger partial charge < -0.3 is 62.6 Å². The number of aromatic hydroxyl groups is 2. The Morgan fingerprint density at radius 1 is 0.331 bits per heavy atom. The Labute approximate surface area is 853 Å². The van der Waals surface area contributed by atoms with Crippen LogP contribution in [-0.2, 0) is 42.0 Å². The summed E-state index contributed by atoms with van der Waals surface area (Å²) in [5.41, 5.74) is 24.1. The maximum atomic E-state index is 12.3. The van der Waals surface area contributed by atoms with Gasteiger partial charge in [-0.15, -0.1) is 45.3 Å². The maximum absolute atomic E-state index is 12.3. The summed E-state index contributed by atoms with van der Waals surface area (Å²) in [5, 5.41) is 41.7. The van der Waals surface area contributed by atoms with Gasteiger partial charge in [-0.3, -0.25) is 9.13 Å². The predicted octanol–water partition coefficient (Wildman–Crippen LogP) is 34.2. The summed E-state index contributed by atoms with van der Waals surface area (Å²) in [5.74, 6) is 6.48. The number of rotatable bonds is 28. The van der Waals surface area contributed by atoms with Crippen molar-refractivity contribution in [3.8, 4) is 112 Å². The molecule has 0 saturated heterocycles. The number of nitrogens with one attached hydrogen (secondary N) is 1. The van der Waals surface area contributed by atoms with Gasteiger partial charge in [-0.25, -0.2) is 0 Å². The van der Waals surface area contributed by atoms with E-state index in [1.165, 1.54) is 88.1 Å². The average Bonchev–Trinajstić information content (AvgIpc) is 1.58. The second-order valence-corrected chi connectivity index (χ2v) is 47.7. The number of methoxy groups -OCH3 is 2. The van der Waals surface area contributed by atoms with E-state index in [4.69, 9.17) is 47.4 Å². The minimum atomic E-state index is -0.0189. The summed E-state index contributed by atoms with van der Waals surface area (Å²) < 4.78 is 60.4. The van der Waals surface area contributed by atoms with Gasteiger partial charge in [0.05, 0.1) is 69.3 Å². The molecule has 10 aromatic carbocycles. The molecule has 7 aromatic heterocycles. The highest BCUT2D eigenvalue weighted by Gasteiger charge is 2.31. The van der Waals surface area contributed by atoms with E-state index in [1.54, 1.807) is 48.2 Å². The molecule has 15 nitrogen and oxygen atoms in total. The van der Waals surface area contributed by atoms with E-state index in [9.17, 15) is 10.2 Å². The number of hydrogen-bond donors (Lipinski definition) is 3. The topological polar surface area (TPSA) is 166 Å². The smallest absolute Gasteiger partial charge is 0.189 e. The van der Waals surface area contributed by atoms with E-state index in [-0.39, 0.29) is 50.8 Å². The molecule has 0 saturated carbocycles. The van der Waals surface area contributed by atoms with Crippen LogP contribution in [-0.4, -0.2) is 91.8 Å². The van der Waals surface area contributed by atoms with Crippen molar-refractivity contribution in [1.29, 1.82) is 0 Å². The van der Waals surface area contributed by atoms with Crippen LogP contribution in [0, 0.1) is 13.8 Å². The molecule has 139 heavy (non-hydrogen) atoms. The van der Waals surface area contributed by atoms with Crippen molar-refractivity contribution >= 4 is 149 Å². The fourth-order valence-electron chi connectivity index (χ4n) is 17.2. The largest absolute Gasteiger partial charge is 0.504 e. The van der Waals surface area contributed by atoms with Crippen molar-refractivity contribution in [2.24, 2.45) is 0 Å². The van der Waals surface area contributed by atoms with E-state index in [2.05, 4.69) is 334 Å². The summed E-state index contributed by atoms with van der Waals surface area (Å²) in [7, 11) is 3.32. The first kappa shape index (κ1) is 104. The average molecular weight is 2070 g/mol. The van der Waals surface area contributed by atoms with Crippen LogP contribution in [0.4, 0.5) is 0 Å². The monoisotopic (exact) mass is 2070 g/mol. The van der Waals surface area contributed by atoms with Gasteiger partial charge in [-0.1, -0.05) is 184 Å². The van der Waals surface area contributed by atoms with Crippen LogP contribution in [0.25, 0.3) is 120 Å². The van der Waals surface area contributed by atoms with Crippen LogP contribution in [0.1, 0.15) is 209 Å². The Balaban J connectivity index is 0.000000199. The first-order chi connectivity index (χ1) is 66.0. The van der Waals surface area contributed by atoms with Crippen LogP contribution in [0.3, 0.4) is 0 Å². The minimum absolute atomic E-state index is 0.0107. The molecule has 0 spiro atoms. The maximum Gasteiger partial charge on any atom is 0.189 e. The van der Waals surface area contributed by atoms with E-state index in [1.807, 2.05) is 74.5 Å². The highest BCUT2D eigenvalue weighted by Crippen LogP contribution is 2.53. The van der Waals surface area contributed by atoms with Crippen molar-refractivity contribution in [1.82, 2.24) is 14.1 Å². The van der Waals surface area contributed by atoms with Gasteiger partial charge >= 0.3 is 0 Å². The molecule has 0 fully saturated rings. The molecule has 0 amide bonds. The van der Waals surface area contributed by atoms with Crippen molar-refractivity contribution < 1.29 is 57.6 Å². The molecule has 0 radical (unpaired) electrons. The fourth-order valence-corrected chi connectivity index (χ4v) is 21.9. The Morgan fingerprint density at radius 3 is 0.935 bits per heavy atom. The molecule has 17 aromatic rings. The van der Waals surface area contributed by atoms with Gasteiger partial charge in [0.15, 0.2) is 29.8 Å². The number of carbonyl (C=O) groups excluding carboxylic acids is 1. The van der Waals surface area contributed by atoms with Crippen molar-refractivity contribution in [2.75, 3.05) is 60.7 Å². The molecule has 0 aliphatic heterocycles. The molecule has 730 valence electrons. The molecule has 3 N–H and O–H groups in total. The number of thiophene rings is 4. The second kappa shape index (κ2) is 43.2. The molecule has 0 atom stereocenters. The summed E-state index contributed by atoms with van der Waals surface area (Å²) >= 11 is 13.5. The van der Waals surface area contributed by atoms with Crippen LogP contribution in [0.2, 0.25) is 0 Å². The number of aromatic nitrogens is 3. The van der Waals surface area contributed by atoms with E-state index >= 15 is 0 Å². The third kappa shape index (κ3) is 23.1. The lowest BCUT2D eigenvalue weighted by molar-refractivity contribution is -0.0980. The minimum Gasteiger partial charge on any atom is -0.504 e. The number of fused-ring (bicyclic) bond motifs is 9. The summed E-state index contributed by atoms with van der Waals surface area (Å²) in [6, 6.07) is 64.7. The first-order valence-corrected chi connectivity index (χ1v) is 52.8. The number of carbonyl (C=O) groups is 1. The van der Waals surface area contributed by atoms with Crippen LogP contribution < -0.4 is 37.9 Å². The van der Waals surface area contributed by atoms with Crippen LogP contribution in [0.15, 0.2) is 211 Å². The summed E-state index contributed by atoms with van der Waals surface area (Å²) in [6.45, 7) is 54.1. The lowest BCUT2D eigenvalue weighted by Crippen LogP contribution is -2.10. The van der Waals surface area contributed by atoms with E-state index in [0.717, 1.165) is 150 Å². The Morgan fingerprint density at radius 2 is 0.619 bits per heavy atom. The highest BCUT2D eigenvalue weighted by atomic mass is 79.9. The quantitative estimate of drug-likeness (QED) is 0.0314. The number of aromatic amines is 1. The van der Waals surface area contributed by atoms with E-state index < -0.39 is 0 Å². The SMILES string of the molecule is C=O.CC(C)(C)c1ccc2[nH]c3ccc(C(C)(C)C)cc3c2c1.CCOCOc1c(-c2cc(C)ccc2OCCCCOc2ccc(OC)cc2-c2csc(Br)c2OCC)csc1Br.COc1ccc(OCCCCOc2ccc(C)cc2-c2csc(-n3c4ccc(C(C)(C)C)cc4c4cc(C(C)(C)C)ccc43)c2O)c(-c2csc(-n3c4ccc(C(C)(C)C)cc4c4cc(C(C)(C)C)ccc43)c2O)c1. The second-order valence-electron chi connectivity index (χ2n) is 41.6. The van der Waals surface area contributed by atoms with Crippen LogP contribution >= 0.6 is 77.2 Å². The van der Waals surface area contributed by atoms with Gasteiger partial charge in [0, 0.05) is 116 Å². The number of benzene rings is 10. The molecule has 0 aliphatic carbocycles. The predicted molar refractivity (Wildman–Crippen MR) is 593 cm³/mol. The highest BCUT2D eigenvalue weighted by molar-refractivity contribution is 9.11. The Hall–Kier alpha value is -11.0. The van der Waals surface area contributed by atoms with E-state index in [0.29, 0.717) is 56.7 Å². The zero-order chi connectivity index (χ0) is 100. The molecule has 0 unspecified atom stereocenters. The normalized spacial score (nSPS) is 12.1. The molecular weight excluding hydrogens is 1940 g/mol. The number of ether oxygens (including phenoxy) is 9. The molecular formula is C118H133Br2N3O12S4. The third-order valence-electron chi connectivity index (χ3n) is 25.3. The number of H-pyrrole nitrogens is 1. The zero-order valence-electron chi connectivity index (χ0n) is 84.9. The van der Waals surface area contributed by atoms with Crippen molar-refractivity contribution in [3.63, 3.8) is 0 Å². The molecule has 0 bridgehead atoms. The molecule has 21 heteroatoms. The molecule has 7 heterocycles. The first-order valence-electron chi connectivity index (χ1n) is 47.7.